The van der Waals surface area contributed by atoms with Crippen LogP contribution in [0.25, 0.3) is 21.9 Å². The minimum Gasteiger partial charge on any atom is -0.351 e. The van der Waals surface area contributed by atoms with Crippen LogP contribution in [-0.2, 0) is 9.59 Å². The maximum Gasteiger partial charge on any atom is 0.314 e. The topological polar surface area (TPSA) is 117 Å². The molecular formula is C16H19N7O2. The minimum atomic E-state index is -0.742. The maximum absolute atomic E-state index is 12.0. The number of piperidine rings is 1. The van der Waals surface area contributed by atoms with Crippen molar-refractivity contribution in [2.24, 2.45) is 0 Å². The first-order valence-electron chi connectivity index (χ1n) is 8.27. The molecule has 0 unspecified atom stereocenters. The average Bonchev–Trinajstić information content (AvgIpc) is 3.26. The number of aromatic nitrogens is 4. The number of aromatic amines is 1. The summed E-state index contributed by atoms with van der Waals surface area (Å²) in [6.07, 6.45) is 5.42. The number of nitrogens with zero attached hydrogens (tertiary/aromatic N) is 3. The van der Waals surface area contributed by atoms with Crippen LogP contribution in [0, 0.1) is 0 Å². The summed E-state index contributed by atoms with van der Waals surface area (Å²) in [5.41, 5.74) is 1.69. The van der Waals surface area contributed by atoms with Crippen molar-refractivity contribution in [3.63, 3.8) is 0 Å². The summed E-state index contributed by atoms with van der Waals surface area (Å²) in [5.74, 6) is -1.09. The lowest BCUT2D eigenvalue weighted by Gasteiger charge is -2.23. The van der Waals surface area contributed by atoms with Gasteiger partial charge in [0, 0.05) is 24.8 Å². The quantitative estimate of drug-likeness (QED) is 0.507. The number of nitrogens with one attached hydrogen (secondary N) is 4. The van der Waals surface area contributed by atoms with E-state index in [4.69, 9.17) is 0 Å². The van der Waals surface area contributed by atoms with E-state index < -0.39 is 11.8 Å². The highest BCUT2D eigenvalue weighted by atomic mass is 16.2. The molecule has 0 spiro atoms. The molecule has 3 aromatic rings. The Morgan fingerprint density at radius 2 is 2.04 bits per heavy atom. The number of hydrogen-bond acceptors (Lipinski definition) is 5. The van der Waals surface area contributed by atoms with Gasteiger partial charge in [0.2, 0.25) is 0 Å². The number of fused-ring (bicyclic) bond motifs is 3. The molecule has 3 aromatic heterocycles. The number of rotatable bonds is 2. The van der Waals surface area contributed by atoms with Crippen molar-refractivity contribution >= 4 is 39.6 Å². The molecule has 4 heterocycles. The highest BCUT2D eigenvalue weighted by Gasteiger charge is 2.24. The molecule has 2 amide bonds. The molecule has 130 valence electrons. The first-order chi connectivity index (χ1) is 12.2. The van der Waals surface area contributed by atoms with Crippen LogP contribution in [0.5, 0.6) is 0 Å². The SMILES string of the molecule is CNC(=O)C(=O)Nc1nn(C2CCNCC2)c2c1cnc1[nH]ccc12. The van der Waals surface area contributed by atoms with Gasteiger partial charge in [0.1, 0.15) is 5.65 Å². The second-order valence-electron chi connectivity index (χ2n) is 6.07. The first-order valence-corrected chi connectivity index (χ1v) is 8.27. The summed E-state index contributed by atoms with van der Waals surface area (Å²) < 4.78 is 1.97. The molecule has 0 aromatic carbocycles. The van der Waals surface area contributed by atoms with E-state index in [1.54, 1.807) is 6.20 Å². The van der Waals surface area contributed by atoms with Crippen LogP contribution in [0.1, 0.15) is 18.9 Å². The monoisotopic (exact) mass is 341 g/mol. The summed E-state index contributed by atoms with van der Waals surface area (Å²) in [6.45, 7) is 1.85. The summed E-state index contributed by atoms with van der Waals surface area (Å²) in [7, 11) is 1.42. The largest absolute Gasteiger partial charge is 0.351 e. The zero-order valence-electron chi connectivity index (χ0n) is 13.8. The van der Waals surface area contributed by atoms with Crippen molar-refractivity contribution in [3.8, 4) is 0 Å². The predicted molar refractivity (Wildman–Crippen MR) is 93.2 cm³/mol. The third-order valence-corrected chi connectivity index (χ3v) is 4.57. The van der Waals surface area contributed by atoms with Crippen molar-refractivity contribution < 1.29 is 9.59 Å². The van der Waals surface area contributed by atoms with E-state index in [0.29, 0.717) is 5.82 Å². The van der Waals surface area contributed by atoms with Gasteiger partial charge in [0.25, 0.3) is 0 Å². The highest BCUT2D eigenvalue weighted by Crippen LogP contribution is 2.32. The van der Waals surface area contributed by atoms with E-state index in [0.717, 1.165) is 47.9 Å². The average molecular weight is 341 g/mol. The summed E-state index contributed by atoms with van der Waals surface area (Å²) >= 11 is 0. The van der Waals surface area contributed by atoms with E-state index in [1.165, 1.54) is 7.05 Å². The molecule has 4 N–H and O–H groups in total. The predicted octanol–water partition coefficient (Wildman–Crippen LogP) is 0.522. The number of likely N-dealkylation sites (N-methyl/N-ethyl adjacent to an activating group) is 1. The van der Waals surface area contributed by atoms with Gasteiger partial charge in [0.05, 0.1) is 16.9 Å². The number of amides is 2. The van der Waals surface area contributed by atoms with Gasteiger partial charge < -0.3 is 20.9 Å². The number of carbonyl (C=O) groups is 2. The minimum absolute atomic E-state index is 0.231. The summed E-state index contributed by atoms with van der Waals surface area (Å²) in [4.78, 5) is 31.0. The lowest BCUT2D eigenvalue weighted by Crippen LogP contribution is -2.33. The van der Waals surface area contributed by atoms with E-state index >= 15 is 0 Å². The fourth-order valence-electron chi connectivity index (χ4n) is 3.31. The van der Waals surface area contributed by atoms with Gasteiger partial charge in [0.15, 0.2) is 5.82 Å². The van der Waals surface area contributed by atoms with Gasteiger partial charge in [-0.2, -0.15) is 5.10 Å². The summed E-state index contributed by atoms with van der Waals surface area (Å²) in [5, 5.41) is 14.6. The summed E-state index contributed by atoms with van der Waals surface area (Å²) in [6, 6.07) is 2.18. The van der Waals surface area contributed by atoms with Crippen molar-refractivity contribution in [1.82, 2.24) is 30.4 Å². The third kappa shape index (κ3) is 2.62. The zero-order valence-corrected chi connectivity index (χ0v) is 13.8. The lowest BCUT2D eigenvalue weighted by molar-refractivity contribution is -0.135. The molecule has 25 heavy (non-hydrogen) atoms. The van der Waals surface area contributed by atoms with Crippen molar-refractivity contribution in [2.75, 3.05) is 25.5 Å². The molecule has 1 fully saturated rings. The molecule has 0 saturated carbocycles. The molecular weight excluding hydrogens is 322 g/mol. The second-order valence-corrected chi connectivity index (χ2v) is 6.07. The Kier molecular flexibility index (Phi) is 3.85. The molecule has 0 radical (unpaired) electrons. The Balaban J connectivity index is 1.86. The van der Waals surface area contributed by atoms with Gasteiger partial charge in [-0.3, -0.25) is 14.3 Å². The molecule has 1 aliphatic rings. The standard InChI is InChI=1S/C16H19N7O2/c1-17-15(24)16(25)21-14-11-8-20-13-10(4-7-19-13)12(11)23(22-14)9-2-5-18-6-3-9/h4,7-9,18H,2-3,5-6H2,1H3,(H,17,24)(H,19,20)(H,21,22,25). The Bertz CT molecular complexity index is 952. The van der Waals surface area contributed by atoms with E-state index in [9.17, 15) is 9.59 Å². The molecule has 0 bridgehead atoms. The lowest BCUT2D eigenvalue weighted by atomic mass is 10.1. The Labute approximate surface area is 143 Å². The molecule has 1 saturated heterocycles. The van der Waals surface area contributed by atoms with Crippen LogP contribution in [0.15, 0.2) is 18.5 Å². The normalized spacial score (nSPS) is 15.6. The number of anilines is 1. The van der Waals surface area contributed by atoms with Crippen molar-refractivity contribution in [3.05, 3.63) is 18.5 Å². The van der Waals surface area contributed by atoms with Gasteiger partial charge in [-0.1, -0.05) is 0 Å². The third-order valence-electron chi connectivity index (χ3n) is 4.57. The molecule has 0 aliphatic carbocycles. The van der Waals surface area contributed by atoms with Crippen LogP contribution in [-0.4, -0.2) is 51.7 Å². The van der Waals surface area contributed by atoms with Crippen LogP contribution in [0.2, 0.25) is 0 Å². The fourth-order valence-corrected chi connectivity index (χ4v) is 3.31. The molecule has 0 atom stereocenters. The number of H-pyrrole nitrogens is 1. The maximum atomic E-state index is 12.0. The molecule has 4 rings (SSSR count). The van der Waals surface area contributed by atoms with Crippen LogP contribution < -0.4 is 16.0 Å². The van der Waals surface area contributed by atoms with E-state index in [2.05, 4.69) is 31.0 Å². The highest BCUT2D eigenvalue weighted by molar-refractivity contribution is 6.40. The molecule has 9 nitrogen and oxygen atoms in total. The van der Waals surface area contributed by atoms with Crippen LogP contribution >= 0.6 is 0 Å². The molecule has 9 heteroatoms. The first kappa shape index (κ1) is 15.6. The van der Waals surface area contributed by atoms with Gasteiger partial charge >= 0.3 is 11.8 Å². The number of pyridine rings is 1. The second kappa shape index (κ2) is 6.17. The number of carbonyl (C=O) groups excluding carboxylic acids is 2. The smallest absolute Gasteiger partial charge is 0.314 e. The van der Waals surface area contributed by atoms with Crippen molar-refractivity contribution in [1.29, 1.82) is 0 Å². The van der Waals surface area contributed by atoms with Gasteiger partial charge in [-0.25, -0.2) is 4.98 Å². The van der Waals surface area contributed by atoms with Gasteiger partial charge in [-0.15, -0.1) is 0 Å². The van der Waals surface area contributed by atoms with Crippen LogP contribution in [0.4, 0.5) is 5.82 Å². The molecule has 1 aliphatic heterocycles. The van der Waals surface area contributed by atoms with Crippen LogP contribution in [0.3, 0.4) is 0 Å². The Morgan fingerprint density at radius 3 is 2.80 bits per heavy atom. The Morgan fingerprint density at radius 1 is 1.24 bits per heavy atom. The fraction of sp³-hybridized carbons (Fsp3) is 0.375. The zero-order chi connectivity index (χ0) is 17.4. The Hall–Kier alpha value is -2.94. The van der Waals surface area contributed by atoms with Gasteiger partial charge in [-0.05, 0) is 32.0 Å². The number of hydrogen-bond donors (Lipinski definition) is 4. The van der Waals surface area contributed by atoms with Crippen molar-refractivity contribution in [2.45, 2.75) is 18.9 Å². The van der Waals surface area contributed by atoms with E-state index in [-0.39, 0.29) is 6.04 Å². The van der Waals surface area contributed by atoms with E-state index in [1.807, 2.05) is 16.9 Å².